The van der Waals surface area contributed by atoms with Gasteiger partial charge in [0, 0.05) is 40.7 Å². The van der Waals surface area contributed by atoms with Crippen LogP contribution < -0.4 is 5.32 Å². The lowest BCUT2D eigenvalue weighted by molar-refractivity contribution is 0.0600. The summed E-state index contributed by atoms with van der Waals surface area (Å²) < 4.78 is 5.01. The number of carbonyl (C=O) groups is 3. The zero-order valence-corrected chi connectivity index (χ0v) is 20.9. The maximum absolute atomic E-state index is 13.0. The molecule has 1 N–H and O–H groups in total. The minimum atomic E-state index is -0.440. The Balaban J connectivity index is 0.00000324. The summed E-state index contributed by atoms with van der Waals surface area (Å²) in [4.78, 5) is 41.5. The van der Waals surface area contributed by atoms with Crippen LogP contribution in [-0.4, -0.2) is 42.3 Å². The number of hydrogen-bond donors (Lipinski definition) is 1. The molecule has 1 aliphatic rings. The highest BCUT2D eigenvalue weighted by molar-refractivity contribution is 7.17. The number of amides is 1. The number of thiophene rings is 1. The van der Waals surface area contributed by atoms with Crippen molar-refractivity contribution < 1.29 is 19.1 Å². The van der Waals surface area contributed by atoms with Gasteiger partial charge in [0.25, 0.3) is 5.91 Å². The second kappa shape index (κ2) is 11.0. The maximum Gasteiger partial charge on any atom is 0.341 e. The zero-order chi connectivity index (χ0) is 23.5. The molecular weight excluding hydrogens is 472 g/mol. The lowest BCUT2D eigenvalue weighted by Gasteiger charge is -2.30. The smallest absolute Gasteiger partial charge is 0.341 e. The third-order valence-electron chi connectivity index (χ3n) is 5.88. The van der Waals surface area contributed by atoms with E-state index in [1.54, 1.807) is 36.4 Å². The summed E-state index contributed by atoms with van der Waals surface area (Å²) in [7, 11) is 1.35. The van der Waals surface area contributed by atoms with Crippen LogP contribution in [0.3, 0.4) is 0 Å². The lowest BCUT2D eigenvalue weighted by Crippen LogP contribution is -2.35. The van der Waals surface area contributed by atoms with Crippen LogP contribution in [0.4, 0.5) is 5.00 Å². The number of anilines is 1. The number of carbonyl (C=O) groups excluding carboxylic acids is 3. The molecular formula is C26H27ClN2O4S. The van der Waals surface area contributed by atoms with Crippen LogP contribution in [0.15, 0.2) is 54.6 Å². The predicted octanol–water partition coefficient (Wildman–Crippen LogP) is 5.21. The Hall–Kier alpha value is -3.00. The molecule has 0 saturated heterocycles. The largest absolute Gasteiger partial charge is 0.465 e. The van der Waals surface area contributed by atoms with Gasteiger partial charge in [0.15, 0.2) is 5.78 Å². The summed E-state index contributed by atoms with van der Waals surface area (Å²) >= 11 is 1.43. The number of ether oxygens (including phenoxy) is 1. The summed E-state index contributed by atoms with van der Waals surface area (Å²) in [5, 5.41) is 3.41. The fourth-order valence-electron chi connectivity index (χ4n) is 3.97. The lowest BCUT2D eigenvalue weighted by atomic mass is 10.0. The van der Waals surface area contributed by atoms with Crippen molar-refractivity contribution in [3.63, 3.8) is 0 Å². The van der Waals surface area contributed by atoms with Crippen molar-refractivity contribution in [1.29, 1.82) is 0 Å². The molecule has 8 heteroatoms. The van der Waals surface area contributed by atoms with Crippen LogP contribution in [0.25, 0.3) is 0 Å². The topological polar surface area (TPSA) is 75.7 Å². The molecule has 0 bridgehead atoms. The van der Waals surface area contributed by atoms with E-state index in [0.717, 1.165) is 30.0 Å². The van der Waals surface area contributed by atoms with Gasteiger partial charge >= 0.3 is 5.97 Å². The van der Waals surface area contributed by atoms with Gasteiger partial charge in [0.2, 0.25) is 0 Å². The second-order valence-corrected chi connectivity index (χ2v) is 9.35. The van der Waals surface area contributed by atoms with Crippen LogP contribution in [0.5, 0.6) is 0 Å². The first-order valence-electron chi connectivity index (χ1n) is 10.9. The fraction of sp³-hybridized carbons (Fsp3) is 0.269. The van der Waals surface area contributed by atoms with Crippen molar-refractivity contribution >= 4 is 46.4 Å². The molecule has 34 heavy (non-hydrogen) atoms. The van der Waals surface area contributed by atoms with Crippen molar-refractivity contribution in [2.45, 2.75) is 32.9 Å². The first-order chi connectivity index (χ1) is 15.9. The van der Waals surface area contributed by atoms with E-state index in [1.165, 1.54) is 18.4 Å². The van der Waals surface area contributed by atoms with Crippen LogP contribution in [0.1, 0.15) is 60.9 Å². The summed E-state index contributed by atoms with van der Waals surface area (Å²) in [6.07, 6.45) is 0.737. The van der Waals surface area contributed by atoms with E-state index in [9.17, 15) is 14.4 Å². The molecule has 6 nitrogen and oxygen atoms in total. The maximum atomic E-state index is 13.0. The number of nitrogens with one attached hydrogen (secondary N) is 1. The van der Waals surface area contributed by atoms with Gasteiger partial charge < -0.3 is 10.1 Å². The molecule has 0 atom stereocenters. The van der Waals surface area contributed by atoms with Crippen LogP contribution in [0, 0.1) is 0 Å². The van der Waals surface area contributed by atoms with Gasteiger partial charge in [-0.2, -0.15) is 0 Å². The Morgan fingerprint density at radius 1 is 0.971 bits per heavy atom. The average Bonchev–Trinajstić information content (AvgIpc) is 3.20. The molecule has 0 fully saturated rings. The molecule has 0 radical (unpaired) electrons. The number of methoxy groups -OCH3 is 1. The minimum absolute atomic E-state index is 0. The van der Waals surface area contributed by atoms with Gasteiger partial charge in [-0.3, -0.25) is 14.5 Å². The summed E-state index contributed by atoms with van der Waals surface area (Å²) in [5.41, 5.74) is 2.92. The van der Waals surface area contributed by atoms with Crippen LogP contribution in [0.2, 0.25) is 0 Å². The molecule has 2 heterocycles. The molecule has 4 rings (SSSR count). The van der Waals surface area contributed by atoms with E-state index in [-0.39, 0.29) is 24.1 Å². The van der Waals surface area contributed by atoms with Gasteiger partial charge in [0.1, 0.15) is 5.00 Å². The number of benzene rings is 2. The van der Waals surface area contributed by atoms with E-state index in [1.807, 2.05) is 18.2 Å². The molecule has 3 aromatic rings. The molecule has 178 valence electrons. The number of esters is 1. The quantitative estimate of drug-likeness (QED) is 0.373. The first-order valence-corrected chi connectivity index (χ1v) is 11.7. The number of hydrogen-bond acceptors (Lipinski definition) is 6. The third-order valence-corrected chi connectivity index (χ3v) is 7.01. The Morgan fingerprint density at radius 2 is 1.59 bits per heavy atom. The highest BCUT2D eigenvalue weighted by atomic mass is 35.5. The number of rotatable bonds is 6. The van der Waals surface area contributed by atoms with Crippen LogP contribution in [-0.2, 0) is 17.7 Å². The van der Waals surface area contributed by atoms with Gasteiger partial charge in [-0.1, -0.05) is 42.5 Å². The molecule has 1 amide bonds. The molecule has 1 aromatic heterocycles. The predicted molar refractivity (Wildman–Crippen MR) is 136 cm³/mol. The molecule has 0 spiro atoms. The molecule has 0 aliphatic carbocycles. The number of fused-ring (bicyclic) bond motifs is 1. The first kappa shape index (κ1) is 25.6. The van der Waals surface area contributed by atoms with E-state index < -0.39 is 5.97 Å². The van der Waals surface area contributed by atoms with E-state index >= 15 is 0 Å². The Bertz CT molecular complexity index is 1190. The monoisotopic (exact) mass is 498 g/mol. The third kappa shape index (κ3) is 5.22. The van der Waals surface area contributed by atoms with Crippen molar-refractivity contribution in [1.82, 2.24) is 4.90 Å². The van der Waals surface area contributed by atoms with Crippen molar-refractivity contribution in [3.05, 3.63) is 87.3 Å². The highest BCUT2D eigenvalue weighted by Gasteiger charge is 2.30. The second-order valence-electron chi connectivity index (χ2n) is 8.24. The Kier molecular flexibility index (Phi) is 8.25. The van der Waals surface area contributed by atoms with Gasteiger partial charge in [0.05, 0.1) is 12.7 Å². The summed E-state index contributed by atoms with van der Waals surface area (Å²) in [5.74, 6) is -0.876. The Labute approximate surface area is 209 Å². The molecule has 0 unspecified atom stereocenters. The number of nitrogens with zero attached hydrogens (tertiary/aromatic N) is 1. The van der Waals surface area contributed by atoms with Gasteiger partial charge in [-0.25, -0.2) is 4.79 Å². The van der Waals surface area contributed by atoms with Crippen molar-refractivity contribution in [3.8, 4) is 0 Å². The molecule has 2 aromatic carbocycles. The molecule has 0 saturated carbocycles. The van der Waals surface area contributed by atoms with Gasteiger partial charge in [-0.05, 0) is 38.0 Å². The average molecular weight is 499 g/mol. The number of ketones is 1. The SMILES string of the molecule is COC(=O)c1c(NC(=O)c2ccc(C(=O)c3ccccc3)cc2)sc2c1CCN(C(C)C)C2.Cl. The van der Waals surface area contributed by atoms with Crippen LogP contribution >= 0.6 is 23.7 Å². The Morgan fingerprint density at radius 3 is 2.21 bits per heavy atom. The van der Waals surface area contributed by atoms with E-state index in [0.29, 0.717) is 33.3 Å². The minimum Gasteiger partial charge on any atom is -0.465 e. The fourth-order valence-corrected chi connectivity index (χ4v) is 5.23. The van der Waals surface area contributed by atoms with Crippen molar-refractivity contribution in [2.75, 3.05) is 19.0 Å². The van der Waals surface area contributed by atoms with Crippen molar-refractivity contribution in [2.24, 2.45) is 0 Å². The summed E-state index contributed by atoms with van der Waals surface area (Å²) in [6, 6.07) is 15.9. The van der Waals surface area contributed by atoms with E-state index in [2.05, 4.69) is 24.1 Å². The van der Waals surface area contributed by atoms with Gasteiger partial charge in [-0.15, -0.1) is 23.7 Å². The highest BCUT2D eigenvalue weighted by Crippen LogP contribution is 2.38. The zero-order valence-electron chi connectivity index (χ0n) is 19.3. The summed E-state index contributed by atoms with van der Waals surface area (Å²) in [6.45, 7) is 5.90. The molecule has 1 aliphatic heterocycles. The normalized spacial score (nSPS) is 13.1. The standard InChI is InChI=1S/C26H26N2O4S.ClH/c1-16(2)28-14-13-20-21(15-28)33-25(22(20)26(31)32-3)27-24(30)19-11-9-18(10-12-19)23(29)17-7-5-4-6-8-17;/h4-12,16H,13-15H2,1-3H3,(H,27,30);1H. The number of halogens is 1. The van der Waals surface area contributed by atoms with E-state index in [4.69, 9.17) is 4.74 Å².